The summed E-state index contributed by atoms with van der Waals surface area (Å²) >= 11 is 0. The lowest BCUT2D eigenvalue weighted by molar-refractivity contribution is -0.135. The maximum absolute atomic E-state index is 11.5. The minimum Gasteiger partial charge on any atom is -0.330 e. The van der Waals surface area contributed by atoms with Crippen molar-refractivity contribution in [3.8, 4) is 0 Å². The molecule has 0 saturated heterocycles. The predicted molar refractivity (Wildman–Crippen MR) is 72.8 cm³/mol. The Kier molecular flexibility index (Phi) is 8.86. The fraction of sp³-hybridized carbons (Fsp3) is 0.929. The molecule has 1 saturated carbocycles. The monoisotopic (exact) mass is 256 g/mol. The molecule has 0 atom stereocenters. The molecule has 1 fully saturated rings. The Labute approximate surface area is 111 Å². The normalized spacial score (nSPS) is 16.7. The van der Waals surface area contributed by atoms with Gasteiger partial charge >= 0.3 is 0 Å². The summed E-state index contributed by atoms with van der Waals surface area (Å²) < 4.78 is 0. The first-order valence-electron chi connectivity index (χ1n) is 7.43. The van der Waals surface area contributed by atoms with E-state index in [0.717, 1.165) is 32.2 Å². The van der Waals surface area contributed by atoms with Gasteiger partial charge in [-0.15, -0.1) is 0 Å². The van der Waals surface area contributed by atoms with E-state index in [1.54, 1.807) is 0 Å². The zero-order valence-electron chi connectivity index (χ0n) is 11.5. The summed E-state index contributed by atoms with van der Waals surface area (Å²) in [6.45, 7) is 1.43. The molecule has 1 aliphatic rings. The molecule has 4 heteroatoms. The van der Waals surface area contributed by atoms with Crippen molar-refractivity contribution >= 4 is 5.91 Å². The van der Waals surface area contributed by atoms with Gasteiger partial charge in [0, 0.05) is 6.42 Å². The Balaban J connectivity index is 1.89. The van der Waals surface area contributed by atoms with Crippen molar-refractivity contribution in [3.05, 3.63) is 0 Å². The van der Waals surface area contributed by atoms with Gasteiger partial charge in [0.25, 0.3) is 0 Å². The maximum Gasteiger partial charge on any atom is 0.243 e. The van der Waals surface area contributed by atoms with E-state index < -0.39 is 0 Å². The van der Waals surface area contributed by atoms with Crippen LogP contribution >= 0.6 is 0 Å². The number of hydrogen-bond donors (Lipinski definition) is 2. The van der Waals surface area contributed by atoms with Gasteiger partial charge in [0.1, 0.15) is 0 Å². The number of hydrogen-bond acceptors (Lipinski definition) is 3. The third kappa shape index (κ3) is 7.67. The van der Waals surface area contributed by atoms with Crippen molar-refractivity contribution in [2.24, 2.45) is 11.7 Å². The Hall–Kier alpha value is -0.610. The van der Waals surface area contributed by atoms with Crippen LogP contribution in [-0.2, 0) is 9.63 Å². The van der Waals surface area contributed by atoms with Crippen LogP contribution in [0.2, 0.25) is 0 Å². The van der Waals surface area contributed by atoms with Gasteiger partial charge in [-0.2, -0.15) is 0 Å². The summed E-state index contributed by atoms with van der Waals surface area (Å²) in [5.41, 5.74) is 7.97. The molecule has 0 bridgehead atoms. The van der Waals surface area contributed by atoms with Crippen LogP contribution in [0.15, 0.2) is 0 Å². The zero-order valence-corrected chi connectivity index (χ0v) is 11.5. The summed E-state index contributed by atoms with van der Waals surface area (Å²) in [7, 11) is 0. The first-order valence-corrected chi connectivity index (χ1v) is 7.43. The van der Waals surface area contributed by atoms with Crippen LogP contribution in [0.25, 0.3) is 0 Å². The fourth-order valence-corrected chi connectivity index (χ4v) is 2.43. The molecule has 0 aliphatic heterocycles. The highest BCUT2D eigenvalue weighted by atomic mass is 16.6. The Morgan fingerprint density at radius 3 is 2.56 bits per heavy atom. The molecular weight excluding hydrogens is 228 g/mol. The van der Waals surface area contributed by atoms with Gasteiger partial charge < -0.3 is 5.73 Å². The van der Waals surface area contributed by atoms with Gasteiger partial charge in [0.2, 0.25) is 5.91 Å². The van der Waals surface area contributed by atoms with E-state index in [0.29, 0.717) is 18.9 Å². The molecule has 1 aliphatic carbocycles. The van der Waals surface area contributed by atoms with Crippen molar-refractivity contribution in [2.45, 2.75) is 64.2 Å². The van der Waals surface area contributed by atoms with Crippen LogP contribution in [0.1, 0.15) is 64.2 Å². The summed E-state index contributed by atoms with van der Waals surface area (Å²) in [6.07, 6.45) is 11.2. The molecule has 0 aromatic heterocycles. The number of amides is 1. The van der Waals surface area contributed by atoms with Crippen LogP contribution in [0, 0.1) is 5.92 Å². The number of hydroxylamine groups is 1. The largest absolute Gasteiger partial charge is 0.330 e. The minimum atomic E-state index is 0.0126. The number of carbonyl (C=O) groups is 1. The molecule has 0 aromatic rings. The number of unbranched alkanes of at least 4 members (excludes halogenated alkanes) is 3. The van der Waals surface area contributed by atoms with Gasteiger partial charge in [-0.3, -0.25) is 9.63 Å². The average molecular weight is 256 g/mol. The molecule has 0 spiro atoms. The van der Waals surface area contributed by atoms with Crippen molar-refractivity contribution in [1.29, 1.82) is 0 Å². The van der Waals surface area contributed by atoms with E-state index in [1.807, 2.05) is 0 Å². The molecule has 106 valence electrons. The SMILES string of the molecule is NCCCCCCC(=O)NOCC1CCCCC1. The lowest BCUT2D eigenvalue weighted by Gasteiger charge is -2.20. The third-order valence-electron chi connectivity index (χ3n) is 3.59. The lowest BCUT2D eigenvalue weighted by atomic mass is 9.90. The minimum absolute atomic E-state index is 0.0126. The second-order valence-electron chi connectivity index (χ2n) is 5.29. The molecule has 0 unspecified atom stereocenters. The number of carbonyl (C=O) groups excluding carboxylic acids is 1. The van der Waals surface area contributed by atoms with Gasteiger partial charge in [-0.25, -0.2) is 5.48 Å². The second-order valence-corrected chi connectivity index (χ2v) is 5.29. The molecular formula is C14H28N2O2. The molecule has 18 heavy (non-hydrogen) atoms. The van der Waals surface area contributed by atoms with Crippen LogP contribution in [0.3, 0.4) is 0 Å². The summed E-state index contributed by atoms with van der Waals surface area (Å²) in [4.78, 5) is 16.8. The van der Waals surface area contributed by atoms with Crippen LogP contribution < -0.4 is 11.2 Å². The maximum atomic E-state index is 11.5. The molecule has 0 aromatic carbocycles. The first kappa shape index (κ1) is 15.4. The van der Waals surface area contributed by atoms with E-state index >= 15 is 0 Å². The highest BCUT2D eigenvalue weighted by Crippen LogP contribution is 2.23. The second kappa shape index (κ2) is 10.3. The Morgan fingerprint density at radius 2 is 1.83 bits per heavy atom. The van der Waals surface area contributed by atoms with E-state index in [-0.39, 0.29) is 5.91 Å². The number of nitrogens with one attached hydrogen (secondary N) is 1. The molecule has 1 rings (SSSR count). The van der Waals surface area contributed by atoms with Crippen molar-refractivity contribution in [1.82, 2.24) is 5.48 Å². The summed E-state index contributed by atoms with van der Waals surface area (Å²) in [5.74, 6) is 0.655. The van der Waals surface area contributed by atoms with E-state index in [9.17, 15) is 4.79 Å². The van der Waals surface area contributed by atoms with Crippen LogP contribution in [-0.4, -0.2) is 19.1 Å². The zero-order chi connectivity index (χ0) is 13.1. The van der Waals surface area contributed by atoms with Gasteiger partial charge in [-0.05, 0) is 38.1 Å². The smallest absolute Gasteiger partial charge is 0.243 e. The van der Waals surface area contributed by atoms with Gasteiger partial charge in [-0.1, -0.05) is 32.1 Å². The van der Waals surface area contributed by atoms with Crippen molar-refractivity contribution < 1.29 is 9.63 Å². The Bertz CT molecular complexity index is 216. The molecule has 0 radical (unpaired) electrons. The van der Waals surface area contributed by atoms with Crippen LogP contribution in [0.5, 0.6) is 0 Å². The molecule has 0 heterocycles. The average Bonchev–Trinajstić information content (AvgIpc) is 2.40. The van der Waals surface area contributed by atoms with E-state index in [2.05, 4.69) is 5.48 Å². The molecule has 4 nitrogen and oxygen atoms in total. The van der Waals surface area contributed by atoms with E-state index in [4.69, 9.17) is 10.6 Å². The van der Waals surface area contributed by atoms with Gasteiger partial charge in [0.15, 0.2) is 0 Å². The Morgan fingerprint density at radius 1 is 1.11 bits per heavy atom. The van der Waals surface area contributed by atoms with Crippen molar-refractivity contribution in [2.75, 3.05) is 13.2 Å². The van der Waals surface area contributed by atoms with Crippen LogP contribution in [0.4, 0.5) is 0 Å². The molecule has 1 amide bonds. The topological polar surface area (TPSA) is 64.4 Å². The molecule has 3 N–H and O–H groups in total. The summed E-state index contributed by atoms with van der Waals surface area (Å²) in [5, 5.41) is 0. The lowest BCUT2D eigenvalue weighted by Crippen LogP contribution is -2.27. The van der Waals surface area contributed by atoms with Gasteiger partial charge in [0.05, 0.1) is 6.61 Å². The highest BCUT2D eigenvalue weighted by Gasteiger charge is 2.13. The van der Waals surface area contributed by atoms with Crippen molar-refractivity contribution in [3.63, 3.8) is 0 Å². The van der Waals surface area contributed by atoms with E-state index in [1.165, 1.54) is 32.1 Å². The fourth-order valence-electron chi connectivity index (χ4n) is 2.43. The number of nitrogens with two attached hydrogens (primary N) is 1. The third-order valence-corrected chi connectivity index (χ3v) is 3.59. The standard InChI is InChI=1S/C14H28N2O2/c15-11-7-2-1-6-10-14(17)16-18-12-13-8-4-3-5-9-13/h13H,1-12,15H2,(H,16,17). The summed E-state index contributed by atoms with van der Waals surface area (Å²) in [6, 6.07) is 0. The quantitative estimate of drug-likeness (QED) is 0.492. The first-order chi connectivity index (χ1) is 8.83. The number of rotatable bonds is 9. The highest BCUT2D eigenvalue weighted by molar-refractivity contribution is 5.74. The predicted octanol–water partition coefficient (Wildman–Crippen LogP) is 2.52.